The molecular formula is C28H28N2O5. The lowest BCUT2D eigenvalue weighted by atomic mass is 9.85. The van der Waals surface area contributed by atoms with Gasteiger partial charge in [0.2, 0.25) is 11.8 Å². The van der Waals surface area contributed by atoms with E-state index in [1.807, 2.05) is 36.1 Å². The molecule has 0 aliphatic carbocycles. The van der Waals surface area contributed by atoms with Crippen LogP contribution in [0.4, 0.5) is 5.69 Å². The Bertz CT molecular complexity index is 1250. The first-order chi connectivity index (χ1) is 17.0. The van der Waals surface area contributed by atoms with Gasteiger partial charge < -0.3 is 14.4 Å². The molecule has 7 heteroatoms. The number of ether oxygens (including phenoxy) is 2. The molecule has 0 N–H and O–H groups in total. The van der Waals surface area contributed by atoms with E-state index in [4.69, 9.17) is 9.47 Å². The van der Waals surface area contributed by atoms with Gasteiger partial charge in [0, 0.05) is 23.4 Å². The van der Waals surface area contributed by atoms with Crippen LogP contribution in [0.5, 0.6) is 5.75 Å². The first-order valence-corrected chi connectivity index (χ1v) is 12.2. The number of allylic oxidation sites excluding steroid dienone is 1. The zero-order valence-corrected chi connectivity index (χ0v) is 19.8. The molecule has 6 rings (SSSR count). The van der Waals surface area contributed by atoms with Crippen LogP contribution in [0.2, 0.25) is 0 Å². The Hall–Kier alpha value is -3.45. The number of carbonyl (C=O) groups is 3. The summed E-state index contributed by atoms with van der Waals surface area (Å²) in [4.78, 5) is 45.0. The molecule has 2 aromatic rings. The summed E-state index contributed by atoms with van der Waals surface area (Å²) in [6.07, 6.45) is 3.69. The summed E-state index contributed by atoms with van der Waals surface area (Å²) >= 11 is 0. The maximum atomic E-state index is 14.1. The average molecular weight is 473 g/mol. The Morgan fingerprint density at radius 1 is 1.09 bits per heavy atom. The number of Topliss-reactive ketones (excluding diaryl/α,β-unsaturated/α-hetero) is 1. The highest BCUT2D eigenvalue weighted by Gasteiger charge is 2.64. The molecule has 2 aromatic carbocycles. The van der Waals surface area contributed by atoms with E-state index < -0.39 is 17.9 Å². The lowest BCUT2D eigenvalue weighted by Crippen LogP contribution is -2.49. The number of carbonyl (C=O) groups excluding carboxylic acids is 3. The first-order valence-electron chi connectivity index (χ1n) is 12.2. The van der Waals surface area contributed by atoms with E-state index in [1.54, 1.807) is 31.4 Å². The van der Waals surface area contributed by atoms with Gasteiger partial charge in [0.15, 0.2) is 5.78 Å². The van der Waals surface area contributed by atoms with Crippen molar-refractivity contribution >= 4 is 28.9 Å². The third-order valence-corrected chi connectivity index (χ3v) is 7.88. The second-order valence-corrected chi connectivity index (χ2v) is 9.78. The summed E-state index contributed by atoms with van der Waals surface area (Å²) in [6.45, 7) is 2.93. The van der Waals surface area contributed by atoms with Gasteiger partial charge in [-0.25, -0.2) is 0 Å². The molecule has 180 valence electrons. The fraction of sp³-hybridized carbons (Fsp3) is 0.393. The summed E-state index contributed by atoms with van der Waals surface area (Å²) < 4.78 is 11.1. The monoisotopic (exact) mass is 472 g/mol. The largest absolute Gasteiger partial charge is 0.497 e. The van der Waals surface area contributed by atoms with E-state index >= 15 is 0 Å². The SMILES string of the molecule is COc1cccc(C(=O)[C@H]2[C@H]3C(=O)N(C[C@@H]4CCCO4)C(=O)[C@H]3[C@H]3C=C(C)c4ccccc4N32)c1. The molecule has 2 amide bonds. The third kappa shape index (κ3) is 3.32. The number of para-hydroxylation sites is 1. The lowest BCUT2D eigenvalue weighted by Gasteiger charge is -2.38. The van der Waals surface area contributed by atoms with Crippen molar-refractivity contribution in [3.63, 3.8) is 0 Å². The summed E-state index contributed by atoms with van der Waals surface area (Å²) in [5.41, 5.74) is 3.42. The van der Waals surface area contributed by atoms with Crippen LogP contribution < -0.4 is 9.64 Å². The van der Waals surface area contributed by atoms with Crippen molar-refractivity contribution in [2.75, 3.05) is 25.2 Å². The number of methoxy groups -OCH3 is 1. The number of imide groups is 1. The van der Waals surface area contributed by atoms with Gasteiger partial charge in [0.25, 0.3) is 0 Å². The Morgan fingerprint density at radius 3 is 2.66 bits per heavy atom. The molecule has 3 saturated heterocycles. The van der Waals surface area contributed by atoms with Gasteiger partial charge in [-0.1, -0.05) is 36.4 Å². The van der Waals surface area contributed by atoms with Crippen LogP contribution in [0.25, 0.3) is 5.57 Å². The van der Waals surface area contributed by atoms with Crippen molar-refractivity contribution in [2.24, 2.45) is 11.8 Å². The number of nitrogens with zero attached hydrogens (tertiary/aromatic N) is 2. The van der Waals surface area contributed by atoms with E-state index in [0.717, 1.165) is 29.7 Å². The number of anilines is 1. The van der Waals surface area contributed by atoms with Crippen molar-refractivity contribution < 1.29 is 23.9 Å². The summed E-state index contributed by atoms with van der Waals surface area (Å²) in [6, 6.07) is 13.8. The summed E-state index contributed by atoms with van der Waals surface area (Å²) in [7, 11) is 1.56. The molecule has 5 atom stereocenters. The van der Waals surface area contributed by atoms with Crippen molar-refractivity contribution in [1.29, 1.82) is 0 Å². The third-order valence-electron chi connectivity index (χ3n) is 7.88. The highest BCUT2D eigenvalue weighted by atomic mass is 16.5. The Kier molecular flexibility index (Phi) is 5.25. The maximum absolute atomic E-state index is 14.1. The van der Waals surface area contributed by atoms with E-state index in [2.05, 4.69) is 6.08 Å². The summed E-state index contributed by atoms with van der Waals surface area (Å²) in [5.74, 6) is -1.42. The highest BCUT2D eigenvalue weighted by Crippen LogP contribution is 2.50. The number of benzene rings is 2. The van der Waals surface area contributed by atoms with Gasteiger partial charge in [0.1, 0.15) is 11.8 Å². The van der Waals surface area contributed by atoms with Crippen LogP contribution in [0, 0.1) is 11.8 Å². The molecule has 35 heavy (non-hydrogen) atoms. The van der Waals surface area contributed by atoms with Gasteiger partial charge >= 0.3 is 0 Å². The van der Waals surface area contributed by atoms with E-state index in [9.17, 15) is 14.4 Å². The van der Waals surface area contributed by atoms with Crippen LogP contribution in [0.3, 0.4) is 0 Å². The number of fused-ring (bicyclic) bond motifs is 5. The van der Waals surface area contributed by atoms with Crippen molar-refractivity contribution in [3.05, 3.63) is 65.7 Å². The minimum Gasteiger partial charge on any atom is -0.497 e. The molecule has 0 radical (unpaired) electrons. The second kappa shape index (κ2) is 8.34. The minimum atomic E-state index is -0.784. The number of amides is 2. The quantitative estimate of drug-likeness (QED) is 0.491. The predicted octanol–water partition coefficient (Wildman–Crippen LogP) is 3.33. The number of hydrogen-bond donors (Lipinski definition) is 0. The molecule has 0 bridgehead atoms. The lowest BCUT2D eigenvalue weighted by molar-refractivity contribution is -0.142. The maximum Gasteiger partial charge on any atom is 0.235 e. The van der Waals surface area contributed by atoms with Crippen molar-refractivity contribution in [3.8, 4) is 5.75 Å². The molecule has 4 aliphatic rings. The molecule has 4 heterocycles. The van der Waals surface area contributed by atoms with E-state index in [1.165, 1.54) is 4.90 Å². The van der Waals surface area contributed by atoms with E-state index in [0.29, 0.717) is 17.9 Å². The normalized spacial score (nSPS) is 29.1. The molecule has 0 unspecified atom stereocenters. The van der Waals surface area contributed by atoms with Crippen LogP contribution >= 0.6 is 0 Å². The summed E-state index contributed by atoms with van der Waals surface area (Å²) in [5, 5.41) is 0. The predicted molar refractivity (Wildman–Crippen MR) is 130 cm³/mol. The molecule has 3 fully saturated rings. The van der Waals surface area contributed by atoms with Gasteiger partial charge in [-0.15, -0.1) is 0 Å². The standard InChI is InChI=1S/C28H28N2O5/c1-16-13-22-23-24(28(33)29(27(23)32)15-19-9-6-12-35-19)25(30(22)21-11-4-3-10-20(16)21)26(31)17-7-5-8-18(14-17)34-2/h3-5,7-8,10-11,13-14,19,22-25H,6,9,12,15H2,1-2H3/t19-,22+,23-,24-,25+/m0/s1. The minimum absolute atomic E-state index is 0.130. The average Bonchev–Trinajstić information content (AvgIpc) is 3.57. The number of ketones is 1. The molecule has 4 aliphatic heterocycles. The van der Waals surface area contributed by atoms with Crippen LogP contribution in [0.15, 0.2) is 54.6 Å². The molecular weight excluding hydrogens is 444 g/mol. The van der Waals surface area contributed by atoms with Gasteiger partial charge in [0.05, 0.1) is 37.6 Å². The van der Waals surface area contributed by atoms with Crippen molar-refractivity contribution in [1.82, 2.24) is 4.90 Å². The molecule has 0 spiro atoms. The van der Waals surface area contributed by atoms with Gasteiger partial charge in [-0.05, 0) is 43.5 Å². The Balaban J connectivity index is 1.45. The van der Waals surface area contributed by atoms with Crippen LogP contribution in [0.1, 0.15) is 35.7 Å². The van der Waals surface area contributed by atoms with E-state index in [-0.39, 0.29) is 36.3 Å². The Morgan fingerprint density at radius 2 is 1.89 bits per heavy atom. The molecule has 0 aromatic heterocycles. The number of likely N-dealkylation sites (tertiary alicyclic amines) is 1. The Labute approximate surface area is 204 Å². The fourth-order valence-corrected chi connectivity index (χ4v) is 6.28. The molecule has 0 saturated carbocycles. The topological polar surface area (TPSA) is 76.1 Å². The smallest absolute Gasteiger partial charge is 0.235 e. The zero-order valence-electron chi connectivity index (χ0n) is 19.8. The van der Waals surface area contributed by atoms with Crippen molar-refractivity contribution in [2.45, 2.75) is 38.0 Å². The molecule has 7 nitrogen and oxygen atoms in total. The zero-order chi connectivity index (χ0) is 24.3. The van der Waals surface area contributed by atoms with Gasteiger partial charge in [-0.3, -0.25) is 19.3 Å². The highest BCUT2D eigenvalue weighted by molar-refractivity contribution is 6.14. The number of hydrogen-bond acceptors (Lipinski definition) is 6. The number of rotatable bonds is 5. The second-order valence-electron chi connectivity index (χ2n) is 9.78. The van der Waals surface area contributed by atoms with Gasteiger partial charge in [-0.2, -0.15) is 0 Å². The van der Waals surface area contributed by atoms with Crippen LogP contribution in [-0.4, -0.2) is 60.9 Å². The fourth-order valence-electron chi connectivity index (χ4n) is 6.28. The van der Waals surface area contributed by atoms with Crippen LogP contribution in [-0.2, 0) is 14.3 Å². The first kappa shape index (κ1) is 22.0.